The van der Waals surface area contributed by atoms with E-state index in [0.29, 0.717) is 0 Å². The van der Waals surface area contributed by atoms with Gasteiger partial charge in [0.15, 0.2) is 4.34 Å². The van der Waals surface area contributed by atoms with Gasteiger partial charge >= 0.3 is 0 Å². The van der Waals surface area contributed by atoms with Crippen LogP contribution in [-0.2, 0) is 4.79 Å². The number of thioether (sulfide) groups is 1. The van der Waals surface area contributed by atoms with E-state index in [1.165, 1.54) is 22.9 Å². The number of fused-ring (bicyclic) bond motifs is 2. The molecule has 1 aliphatic heterocycles. The summed E-state index contributed by atoms with van der Waals surface area (Å²) in [7, 11) is 0. The Morgan fingerprint density at radius 1 is 0.949 bits per heavy atom. The van der Waals surface area contributed by atoms with E-state index < -0.39 is 0 Å². The summed E-state index contributed by atoms with van der Waals surface area (Å²) in [5.74, 6) is 1.47. The molecule has 4 aromatic carbocycles. The third kappa shape index (κ3) is 5.37. The molecule has 0 fully saturated rings. The zero-order valence-corrected chi connectivity index (χ0v) is 22.8. The van der Waals surface area contributed by atoms with Gasteiger partial charge in [0.05, 0.1) is 22.2 Å². The predicted octanol–water partition coefficient (Wildman–Crippen LogP) is 7.43. The van der Waals surface area contributed by atoms with Crippen molar-refractivity contribution in [3.63, 3.8) is 0 Å². The monoisotopic (exact) mass is 547 g/mol. The van der Waals surface area contributed by atoms with Crippen LogP contribution in [0.15, 0.2) is 118 Å². The van der Waals surface area contributed by atoms with Crippen molar-refractivity contribution < 1.29 is 9.53 Å². The normalized spacial score (nSPS) is 14.8. The Bertz CT molecular complexity index is 1680. The number of nitrogens with one attached hydrogen (secondary N) is 1. The number of rotatable bonds is 7. The third-order valence-corrected chi connectivity index (χ3v) is 8.72. The number of amides is 1. The molecule has 1 unspecified atom stereocenters. The molecule has 0 bridgehead atoms. The van der Waals surface area contributed by atoms with Crippen LogP contribution in [0.25, 0.3) is 16.0 Å². The standard InChI is InChI=1S/C32H25N3O2S2/c1-21-11-5-6-14-23(21)30-24-15-7-9-17-27(24)37-31(22-12-3-2-4-13-22)25(30)19-33-35-29(36)20-38-32-34-26-16-8-10-18-28(26)39-32/h2-19,30H,20H2,1H3,(H,35,36). The Kier molecular flexibility index (Phi) is 7.25. The van der Waals surface area contributed by atoms with Crippen LogP contribution in [-0.4, -0.2) is 22.9 Å². The highest BCUT2D eigenvalue weighted by molar-refractivity contribution is 8.01. The Hall–Kier alpha value is -4.20. The lowest BCUT2D eigenvalue weighted by Crippen LogP contribution is -2.22. The van der Waals surface area contributed by atoms with Crippen LogP contribution in [0.4, 0.5) is 0 Å². The number of carbonyl (C=O) groups is 1. The van der Waals surface area contributed by atoms with Crippen LogP contribution in [0.5, 0.6) is 5.75 Å². The van der Waals surface area contributed by atoms with Gasteiger partial charge in [0.1, 0.15) is 11.5 Å². The highest BCUT2D eigenvalue weighted by Gasteiger charge is 2.31. The minimum atomic E-state index is -0.193. The number of hydrogen-bond donors (Lipinski definition) is 1. The number of hydrazone groups is 1. The Labute approximate surface area is 235 Å². The molecule has 5 nitrogen and oxygen atoms in total. The van der Waals surface area contributed by atoms with E-state index in [9.17, 15) is 4.79 Å². The lowest BCUT2D eigenvalue weighted by Gasteiger charge is -2.30. The Morgan fingerprint density at radius 2 is 1.67 bits per heavy atom. The average molecular weight is 548 g/mol. The van der Waals surface area contributed by atoms with Crippen molar-refractivity contribution in [2.75, 3.05) is 5.75 Å². The highest BCUT2D eigenvalue weighted by atomic mass is 32.2. The minimum Gasteiger partial charge on any atom is -0.456 e. The summed E-state index contributed by atoms with van der Waals surface area (Å²) < 4.78 is 8.45. The zero-order valence-electron chi connectivity index (χ0n) is 21.2. The number of ether oxygens (including phenoxy) is 1. The highest BCUT2D eigenvalue weighted by Crippen LogP contribution is 2.45. The van der Waals surface area contributed by atoms with Crippen LogP contribution in [0.2, 0.25) is 0 Å². The Morgan fingerprint density at radius 3 is 2.49 bits per heavy atom. The number of carbonyl (C=O) groups excluding carboxylic acids is 1. The second kappa shape index (κ2) is 11.3. The number of thiazole rings is 1. The first-order valence-electron chi connectivity index (χ1n) is 12.6. The van der Waals surface area contributed by atoms with Crippen LogP contribution >= 0.6 is 23.1 Å². The maximum Gasteiger partial charge on any atom is 0.250 e. The van der Waals surface area contributed by atoms with Gasteiger partial charge in [-0.3, -0.25) is 4.79 Å². The Balaban J connectivity index is 1.30. The van der Waals surface area contributed by atoms with E-state index in [1.807, 2.05) is 78.9 Å². The number of aryl methyl sites for hydroxylation is 1. The maximum atomic E-state index is 12.7. The lowest BCUT2D eigenvalue weighted by atomic mass is 9.80. The third-order valence-electron chi connectivity index (χ3n) is 6.54. The summed E-state index contributed by atoms with van der Waals surface area (Å²) in [5.41, 5.74) is 8.90. The van der Waals surface area contributed by atoms with E-state index in [-0.39, 0.29) is 17.6 Å². The molecular weight excluding hydrogens is 523 g/mol. The van der Waals surface area contributed by atoms with Crippen molar-refractivity contribution in [1.82, 2.24) is 10.4 Å². The molecule has 39 heavy (non-hydrogen) atoms. The van der Waals surface area contributed by atoms with Crippen LogP contribution < -0.4 is 10.2 Å². The summed E-state index contributed by atoms with van der Waals surface area (Å²) in [6.07, 6.45) is 1.73. The van der Waals surface area contributed by atoms with Crippen molar-refractivity contribution in [3.05, 3.63) is 131 Å². The molecule has 0 radical (unpaired) electrons. The SMILES string of the molecule is Cc1ccccc1C1C(C=NNC(=O)CSc2nc3ccccc3s2)=C(c2ccccc2)Oc2ccccc21. The first-order chi connectivity index (χ1) is 19.2. The fourth-order valence-electron chi connectivity index (χ4n) is 4.72. The van der Waals surface area contributed by atoms with E-state index in [4.69, 9.17) is 4.74 Å². The van der Waals surface area contributed by atoms with Gasteiger partial charge in [-0.25, -0.2) is 10.4 Å². The number of nitrogens with zero attached hydrogens (tertiary/aromatic N) is 2. The number of hydrogen-bond acceptors (Lipinski definition) is 6. The first kappa shape index (κ1) is 25.1. The topological polar surface area (TPSA) is 63.6 Å². The van der Waals surface area contributed by atoms with Crippen molar-refractivity contribution in [2.45, 2.75) is 17.2 Å². The van der Waals surface area contributed by atoms with Crippen molar-refractivity contribution in [1.29, 1.82) is 0 Å². The summed E-state index contributed by atoms with van der Waals surface area (Å²) in [5, 5.41) is 4.41. The number of para-hydroxylation sites is 2. The van der Waals surface area contributed by atoms with E-state index in [1.54, 1.807) is 17.6 Å². The minimum absolute atomic E-state index is 0.107. The average Bonchev–Trinajstić information content (AvgIpc) is 3.40. The fourth-order valence-corrected chi connectivity index (χ4v) is 6.58. The van der Waals surface area contributed by atoms with Gasteiger partial charge in [-0.2, -0.15) is 5.10 Å². The lowest BCUT2D eigenvalue weighted by molar-refractivity contribution is -0.118. The van der Waals surface area contributed by atoms with Crippen molar-refractivity contribution >= 4 is 51.2 Å². The van der Waals surface area contributed by atoms with Crippen molar-refractivity contribution in [3.8, 4) is 5.75 Å². The molecule has 0 aliphatic carbocycles. The first-order valence-corrected chi connectivity index (χ1v) is 14.4. The van der Waals surface area contributed by atoms with Gasteiger partial charge in [0.25, 0.3) is 5.91 Å². The van der Waals surface area contributed by atoms with Crippen LogP contribution in [0.1, 0.15) is 28.2 Å². The van der Waals surface area contributed by atoms with Gasteiger partial charge in [-0.15, -0.1) is 11.3 Å². The molecule has 5 aromatic rings. The maximum absolute atomic E-state index is 12.7. The summed E-state index contributed by atoms with van der Waals surface area (Å²) >= 11 is 3.00. The van der Waals surface area contributed by atoms with Gasteiger partial charge < -0.3 is 4.74 Å². The molecule has 1 aromatic heterocycles. The molecule has 0 spiro atoms. The van der Waals surface area contributed by atoms with Crippen molar-refractivity contribution in [2.24, 2.45) is 5.10 Å². The van der Waals surface area contributed by atoms with Gasteiger partial charge in [0.2, 0.25) is 0 Å². The van der Waals surface area contributed by atoms with Gasteiger partial charge in [-0.1, -0.05) is 96.7 Å². The summed E-state index contributed by atoms with van der Waals surface area (Å²) in [6, 6.07) is 34.5. The van der Waals surface area contributed by atoms with E-state index in [2.05, 4.69) is 46.7 Å². The quantitative estimate of drug-likeness (QED) is 0.131. The molecule has 192 valence electrons. The van der Waals surface area contributed by atoms with E-state index >= 15 is 0 Å². The molecule has 2 heterocycles. The summed E-state index contributed by atoms with van der Waals surface area (Å²) in [6.45, 7) is 2.12. The van der Waals surface area contributed by atoms with Crippen LogP contribution in [0, 0.1) is 6.92 Å². The molecule has 1 aliphatic rings. The molecule has 1 N–H and O–H groups in total. The summed E-state index contributed by atoms with van der Waals surface area (Å²) in [4.78, 5) is 17.3. The molecule has 0 saturated carbocycles. The second-order valence-electron chi connectivity index (χ2n) is 9.11. The van der Waals surface area contributed by atoms with Gasteiger partial charge in [-0.05, 0) is 36.2 Å². The number of benzene rings is 4. The van der Waals surface area contributed by atoms with Gasteiger partial charge in [0, 0.05) is 22.6 Å². The molecular formula is C32H25N3O2S2. The number of allylic oxidation sites excluding steroid dienone is 1. The fraction of sp³-hybridized carbons (Fsp3) is 0.0938. The van der Waals surface area contributed by atoms with E-state index in [0.717, 1.165) is 42.8 Å². The predicted molar refractivity (Wildman–Crippen MR) is 160 cm³/mol. The molecule has 1 amide bonds. The second-order valence-corrected chi connectivity index (χ2v) is 11.4. The molecule has 0 saturated heterocycles. The smallest absolute Gasteiger partial charge is 0.250 e. The molecule has 1 atom stereocenters. The van der Waals surface area contributed by atoms with Crippen LogP contribution in [0.3, 0.4) is 0 Å². The number of aromatic nitrogens is 1. The largest absolute Gasteiger partial charge is 0.456 e. The molecule has 7 heteroatoms. The zero-order chi connectivity index (χ0) is 26.6. The molecule has 6 rings (SSSR count).